The van der Waals surface area contributed by atoms with Crippen LogP contribution in [0.25, 0.3) is 10.9 Å². The summed E-state index contributed by atoms with van der Waals surface area (Å²) in [6.45, 7) is 8.44. The van der Waals surface area contributed by atoms with Gasteiger partial charge < -0.3 is 9.72 Å². The van der Waals surface area contributed by atoms with Crippen LogP contribution in [0.4, 0.5) is 0 Å². The Balaban J connectivity index is 1.79. The summed E-state index contributed by atoms with van der Waals surface area (Å²) in [5, 5.41) is 0.886. The van der Waals surface area contributed by atoms with E-state index in [2.05, 4.69) is 4.98 Å². The molecule has 0 amide bonds. The quantitative estimate of drug-likeness (QED) is 0.607. The van der Waals surface area contributed by atoms with Gasteiger partial charge in [0, 0.05) is 30.8 Å². The van der Waals surface area contributed by atoms with Crippen LogP contribution in [-0.2, 0) is 21.3 Å². The summed E-state index contributed by atoms with van der Waals surface area (Å²) in [7, 11) is -3.84. The van der Waals surface area contributed by atoms with E-state index in [1.54, 1.807) is 6.07 Å². The number of rotatable bonds is 6. The van der Waals surface area contributed by atoms with E-state index in [0.717, 1.165) is 34.9 Å². The van der Waals surface area contributed by atoms with Crippen molar-refractivity contribution >= 4 is 20.9 Å². The van der Waals surface area contributed by atoms with Crippen molar-refractivity contribution in [2.75, 3.05) is 13.2 Å². The lowest BCUT2D eigenvalue weighted by Crippen LogP contribution is -2.38. The van der Waals surface area contributed by atoms with E-state index >= 15 is 0 Å². The monoisotopic (exact) mass is 454 g/mol. The molecule has 1 aliphatic rings. The number of aromatic amines is 1. The Kier molecular flexibility index (Phi) is 6.25. The lowest BCUT2D eigenvalue weighted by atomic mass is 10.1. The predicted molar refractivity (Wildman–Crippen MR) is 127 cm³/mol. The Morgan fingerprint density at radius 3 is 2.41 bits per heavy atom. The fourth-order valence-electron chi connectivity index (χ4n) is 4.64. The number of hydrogen-bond donors (Lipinski definition) is 1. The lowest BCUT2D eigenvalue weighted by Gasteiger charge is -2.26. The molecule has 0 spiro atoms. The minimum absolute atomic E-state index is 0.00579. The maximum atomic E-state index is 13.9. The highest BCUT2D eigenvalue weighted by molar-refractivity contribution is 7.89. The third-order valence-corrected chi connectivity index (χ3v) is 8.18. The van der Waals surface area contributed by atoms with Crippen LogP contribution in [0.3, 0.4) is 0 Å². The Morgan fingerprint density at radius 2 is 1.75 bits per heavy atom. The second-order valence-corrected chi connectivity index (χ2v) is 10.7. The summed E-state index contributed by atoms with van der Waals surface area (Å²) in [5.74, 6) is 0. The van der Waals surface area contributed by atoms with Gasteiger partial charge in [-0.15, -0.1) is 0 Å². The molecule has 0 bridgehead atoms. The Hall–Kier alpha value is -2.48. The van der Waals surface area contributed by atoms with Crippen LogP contribution in [0, 0.1) is 27.7 Å². The molecular formula is C25H30N2O4S. The van der Waals surface area contributed by atoms with Gasteiger partial charge >= 0.3 is 0 Å². The molecule has 6 nitrogen and oxygen atoms in total. The largest absolute Gasteiger partial charge is 0.377 e. The van der Waals surface area contributed by atoms with Crippen molar-refractivity contribution in [2.24, 2.45) is 0 Å². The summed E-state index contributed by atoms with van der Waals surface area (Å²) in [6, 6.07) is 11.4. The molecule has 1 aliphatic heterocycles. The van der Waals surface area contributed by atoms with E-state index in [4.69, 9.17) is 4.74 Å². The van der Waals surface area contributed by atoms with Gasteiger partial charge in [0.2, 0.25) is 10.0 Å². The summed E-state index contributed by atoms with van der Waals surface area (Å²) < 4.78 is 34.9. The number of nitrogens with one attached hydrogen (secondary N) is 1. The number of sulfonamides is 1. The molecule has 4 rings (SSSR count). The van der Waals surface area contributed by atoms with Crippen LogP contribution in [0.2, 0.25) is 0 Å². The van der Waals surface area contributed by atoms with E-state index in [-0.39, 0.29) is 24.8 Å². The average Bonchev–Trinajstić information content (AvgIpc) is 3.20. The number of hydrogen-bond acceptors (Lipinski definition) is 4. The van der Waals surface area contributed by atoms with E-state index in [9.17, 15) is 13.2 Å². The molecule has 32 heavy (non-hydrogen) atoms. The van der Waals surface area contributed by atoms with Crippen LogP contribution in [0.15, 0.2) is 46.1 Å². The fourth-order valence-corrected chi connectivity index (χ4v) is 6.51. The maximum Gasteiger partial charge on any atom is 0.252 e. The number of fused-ring (bicyclic) bond motifs is 1. The number of aryl methyl sites for hydroxylation is 4. The molecule has 1 saturated heterocycles. The molecule has 3 aromatic rings. The second kappa shape index (κ2) is 8.81. The van der Waals surface area contributed by atoms with Crippen molar-refractivity contribution < 1.29 is 13.2 Å². The number of ether oxygens (including phenoxy) is 1. The molecule has 1 atom stereocenters. The Labute approximate surface area is 189 Å². The zero-order chi connectivity index (χ0) is 23.0. The molecule has 1 fully saturated rings. The molecule has 0 aliphatic carbocycles. The zero-order valence-electron chi connectivity index (χ0n) is 19.1. The van der Waals surface area contributed by atoms with Gasteiger partial charge in [0.15, 0.2) is 0 Å². The molecule has 0 saturated carbocycles. The molecule has 170 valence electrons. The van der Waals surface area contributed by atoms with Crippen LogP contribution in [-0.4, -0.2) is 37.0 Å². The smallest absolute Gasteiger partial charge is 0.252 e. The molecule has 7 heteroatoms. The van der Waals surface area contributed by atoms with E-state index in [1.807, 2.05) is 58.0 Å². The summed E-state index contributed by atoms with van der Waals surface area (Å²) >= 11 is 0. The molecule has 0 unspecified atom stereocenters. The highest BCUT2D eigenvalue weighted by Gasteiger charge is 2.32. The molecule has 1 aromatic heterocycles. The van der Waals surface area contributed by atoms with E-state index < -0.39 is 10.0 Å². The van der Waals surface area contributed by atoms with Crippen LogP contribution in [0.1, 0.15) is 40.7 Å². The summed E-state index contributed by atoms with van der Waals surface area (Å²) in [4.78, 5) is 16.0. The highest BCUT2D eigenvalue weighted by atomic mass is 32.2. The van der Waals surface area contributed by atoms with Crippen molar-refractivity contribution in [3.8, 4) is 0 Å². The molecule has 2 aromatic carbocycles. The van der Waals surface area contributed by atoms with E-state index in [0.29, 0.717) is 28.2 Å². The first kappa shape index (κ1) is 22.7. The van der Waals surface area contributed by atoms with Crippen molar-refractivity contribution in [1.82, 2.24) is 9.29 Å². The van der Waals surface area contributed by atoms with Gasteiger partial charge in [-0.25, -0.2) is 8.42 Å². The normalized spacial score (nSPS) is 16.8. The summed E-state index contributed by atoms with van der Waals surface area (Å²) in [6.07, 6.45) is 1.56. The summed E-state index contributed by atoms with van der Waals surface area (Å²) in [5.41, 5.74) is 4.41. The molecule has 2 heterocycles. The minimum Gasteiger partial charge on any atom is -0.377 e. The maximum absolute atomic E-state index is 13.9. The van der Waals surface area contributed by atoms with Crippen LogP contribution >= 0.6 is 0 Å². The molecule has 0 radical (unpaired) electrons. The van der Waals surface area contributed by atoms with Gasteiger partial charge in [-0.2, -0.15) is 4.31 Å². The van der Waals surface area contributed by atoms with Crippen molar-refractivity contribution in [2.45, 2.75) is 58.1 Å². The van der Waals surface area contributed by atoms with Gasteiger partial charge in [0.1, 0.15) is 0 Å². The van der Waals surface area contributed by atoms with Crippen molar-refractivity contribution in [1.29, 1.82) is 0 Å². The van der Waals surface area contributed by atoms with Crippen LogP contribution < -0.4 is 5.56 Å². The number of nitrogens with zero attached hydrogens (tertiary/aromatic N) is 1. The first-order valence-electron chi connectivity index (χ1n) is 11.0. The predicted octanol–water partition coefficient (Wildman–Crippen LogP) is 4.13. The van der Waals surface area contributed by atoms with Gasteiger partial charge in [0.25, 0.3) is 5.56 Å². The standard InChI is InChI=1S/C25H30N2O4S/c1-16-7-8-23-20(12-16)13-21(25(28)26-23)14-27(15-22-6-5-9-31-22)32(29,30)24-18(3)10-17(2)11-19(24)4/h7-8,10-13,22H,5-6,9,14-15H2,1-4H3,(H,26,28)/t22-/m0/s1. The van der Waals surface area contributed by atoms with Crippen LogP contribution in [0.5, 0.6) is 0 Å². The topological polar surface area (TPSA) is 79.5 Å². The first-order chi connectivity index (χ1) is 15.1. The number of pyridine rings is 1. The van der Waals surface area contributed by atoms with Crippen molar-refractivity contribution in [3.63, 3.8) is 0 Å². The van der Waals surface area contributed by atoms with Crippen molar-refractivity contribution in [3.05, 3.63) is 74.6 Å². The highest BCUT2D eigenvalue weighted by Crippen LogP contribution is 2.28. The third kappa shape index (κ3) is 4.51. The Bertz CT molecular complexity index is 1300. The third-order valence-electron chi connectivity index (χ3n) is 6.06. The lowest BCUT2D eigenvalue weighted by molar-refractivity contribution is 0.0925. The molecule has 1 N–H and O–H groups in total. The minimum atomic E-state index is -3.84. The fraction of sp³-hybridized carbons (Fsp3) is 0.400. The number of H-pyrrole nitrogens is 1. The van der Waals surface area contributed by atoms with Gasteiger partial charge in [-0.05, 0) is 75.2 Å². The number of benzene rings is 2. The van der Waals surface area contributed by atoms with Gasteiger partial charge in [-0.3, -0.25) is 4.79 Å². The SMILES string of the molecule is Cc1cc(C)c(S(=O)(=O)N(Cc2cc3cc(C)ccc3[nH]c2=O)C[C@@H]2CCCO2)c(C)c1. The first-order valence-corrected chi connectivity index (χ1v) is 12.4. The van der Waals surface area contributed by atoms with E-state index in [1.165, 1.54) is 4.31 Å². The van der Waals surface area contributed by atoms with Gasteiger partial charge in [0.05, 0.1) is 11.0 Å². The van der Waals surface area contributed by atoms with Gasteiger partial charge in [-0.1, -0.05) is 29.3 Å². The Morgan fingerprint density at radius 1 is 1.03 bits per heavy atom. The molecular weight excluding hydrogens is 424 g/mol. The zero-order valence-corrected chi connectivity index (χ0v) is 19.9. The second-order valence-electron chi connectivity index (χ2n) is 8.87. The average molecular weight is 455 g/mol. The number of aromatic nitrogens is 1.